The van der Waals surface area contributed by atoms with Gasteiger partial charge in [-0.05, 0) is 33.9 Å². The Morgan fingerprint density at radius 1 is 1.33 bits per heavy atom. The van der Waals surface area contributed by atoms with E-state index in [-0.39, 0.29) is 17.9 Å². The van der Waals surface area contributed by atoms with Gasteiger partial charge in [-0.25, -0.2) is 0 Å². The minimum Gasteiger partial charge on any atom is -0.468 e. The van der Waals surface area contributed by atoms with Gasteiger partial charge in [0.1, 0.15) is 5.54 Å². The van der Waals surface area contributed by atoms with E-state index in [4.69, 9.17) is 10.5 Å². The normalized spacial score (nSPS) is 15.8. The third-order valence-corrected chi connectivity index (χ3v) is 3.30. The van der Waals surface area contributed by atoms with Crippen LogP contribution in [0.4, 0.5) is 0 Å². The summed E-state index contributed by atoms with van der Waals surface area (Å²) >= 11 is 0. The number of hydrogen-bond acceptors (Lipinski definition) is 5. The van der Waals surface area contributed by atoms with Gasteiger partial charge >= 0.3 is 5.97 Å². The third kappa shape index (κ3) is 5.01. The van der Waals surface area contributed by atoms with Crippen LogP contribution >= 0.6 is 0 Å². The lowest BCUT2D eigenvalue weighted by Crippen LogP contribution is -2.48. The van der Waals surface area contributed by atoms with Crippen molar-refractivity contribution in [1.29, 1.82) is 0 Å². The van der Waals surface area contributed by atoms with Crippen LogP contribution in [0.15, 0.2) is 0 Å². The summed E-state index contributed by atoms with van der Waals surface area (Å²) in [6.45, 7) is 1.81. The van der Waals surface area contributed by atoms with E-state index in [0.717, 1.165) is 12.8 Å². The van der Waals surface area contributed by atoms with Crippen LogP contribution in [0.5, 0.6) is 0 Å². The molecule has 6 heteroatoms. The minimum atomic E-state index is -0.670. The maximum Gasteiger partial charge on any atom is 0.325 e. The average Bonchev–Trinajstić information content (AvgIpc) is 2.36. The molecule has 18 heavy (non-hydrogen) atoms. The maximum atomic E-state index is 11.6. The average molecular weight is 259 g/mol. The highest BCUT2D eigenvalue weighted by Crippen LogP contribution is 2.16. The van der Waals surface area contributed by atoms with Crippen LogP contribution in [0.2, 0.25) is 0 Å². The Bertz CT molecular complexity index is 284. The molecule has 0 spiro atoms. The molecule has 4 N–H and O–H groups in total. The summed E-state index contributed by atoms with van der Waals surface area (Å²) in [7, 11) is 4.82. The molecule has 0 heterocycles. The van der Waals surface area contributed by atoms with Gasteiger partial charge in [0, 0.05) is 0 Å². The lowest BCUT2D eigenvalue weighted by atomic mass is 9.94. The molecule has 0 saturated heterocycles. The van der Waals surface area contributed by atoms with Gasteiger partial charge in [0.15, 0.2) is 0 Å². The molecule has 0 aromatic rings. The Hall–Kier alpha value is -1.14. The largest absolute Gasteiger partial charge is 0.468 e. The Kier molecular flexibility index (Phi) is 7.54. The van der Waals surface area contributed by atoms with Crippen molar-refractivity contribution in [2.24, 2.45) is 5.73 Å². The lowest BCUT2D eigenvalue weighted by Gasteiger charge is -2.26. The van der Waals surface area contributed by atoms with Crippen molar-refractivity contribution in [2.75, 3.05) is 21.2 Å². The summed E-state index contributed by atoms with van der Waals surface area (Å²) in [5.41, 5.74) is 4.55. The van der Waals surface area contributed by atoms with E-state index >= 15 is 0 Å². The molecule has 0 aliphatic carbocycles. The topological polar surface area (TPSA) is 93.4 Å². The molecule has 0 radical (unpaired) electrons. The highest BCUT2D eigenvalue weighted by atomic mass is 16.5. The van der Waals surface area contributed by atoms with Gasteiger partial charge in [-0.3, -0.25) is 9.59 Å². The number of hydrogen-bond donors (Lipinski definition) is 3. The van der Waals surface area contributed by atoms with Gasteiger partial charge in [-0.15, -0.1) is 0 Å². The van der Waals surface area contributed by atoms with E-state index in [1.807, 2.05) is 6.92 Å². The molecule has 0 aliphatic heterocycles. The van der Waals surface area contributed by atoms with Crippen molar-refractivity contribution in [2.45, 2.75) is 44.2 Å². The second kappa shape index (κ2) is 8.05. The van der Waals surface area contributed by atoms with Crippen LogP contribution in [0, 0.1) is 0 Å². The van der Waals surface area contributed by atoms with Crippen LogP contribution in [0.1, 0.15) is 32.6 Å². The Morgan fingerprint density at radius 2 is 1.94 bits per heavy atom. The summed E-state index contributed by atoms with van der Waals surface area (Å²) < 4.78 is 4.76. The fourth-order valence-corrected chi connectivity index (χ4v) is 1.81. The SMILES string of the molecule is CNC(CCCCC(C)(NC)C(=O)OC)C(N)=O. The maximum absolute atomic E-state index is 11.6. The van der Waals surface area contributed by atoms with Crippen molar-refractivity contribution < 1.29 is 14.3 Å². The van der Waals surface area contributed by atoms with E-state index in [0.29, 0.717) is 12.8 Å². The van der Waals surface area contributed by atoms with Crippen molar-refractivity contribution >= 4 is 11.9 Å². The summed E-state index contributed by atoms with van der Waals surface area (Å²) in [4.78, 5) is 22.6. The molecular formula is C12H25N3O3. The van der Waals surface area contributed by atoms with Crippen LogP contribution in [0.25, 0.3) is 0 Å². The number of unbranched alkanes of at least 4 members (excludes halogenated alkanes) is 1. The summed E-state index contributed by atoms with van der Waals surface area (Å²) in [6.07, 6.45) is 2.97. The molecule has 0 rings (SSSR count). The molecule has 1 amide bonds. The summed E-state index contributed by atoms with van der Waals surface area (Å²) in [6, 6.07) is -0.302. The number of carbonyl (C=O) groups is 2. The number of methoxy groups -OCH3 is 1. The molecule has 0 bridgehead atoms. The molecule has 0 aliphatic rings. The van der Waals surface area contributed by atoms with Crippen LogP contribution < -0.4 is 16.4 Å². The van der Waals surface area contributed by atoms with Gasteiger partial charge < -0.3 is 21.1 Å². The number of nitrogens with one attached hydrogen (secondary N) is 2. The Labute approximate surface area is 109 Å². The monoisotopic (exact) mass is 259 g/mol. The van der Waals surface area contributed by atoms with Gasteiger partial charge in [-0.2, -0.15) is 0 Å². The number of nitrogens with two attached hydrogens (primary N) is 1. The number of amides is 1. The lowest BCUT2D eigenvalue weighted by molar-refractivity contribution is -0.148. The molecule has 0 aromatic heterocycles. The molecule has 106 valence electrons. The molecule has 0 aromatic carbocycles. The number of ether oxygens (including phenoxy) is 1. The summed E-state index contributed by atoms with van der Waals surface area (Å²) in [5, 5.41) is 5.84. The molecule has 2 unspecified atom stereocenters. The standard InChI is InChI=1S/C12H25N3O3/c1-12(15-3,11(17)18-4)8-6-5-7-9(14-2)10(13)16/h9,14-15H,5-8H2,1-4H3,(H2,13,16). The van der Waals surface area contributed by atoms with E-state index in [9.17, 15) is 9.59 Å². The number of esters is 1. The molecule has 0 saturated carbocycles. The predicted molar refractivity (Wildman–Crippen MR) is 70.0 cm³/mol. The number of likely N-dealkylation sites (N-methyl/N-ethyl adjacent to an activating group) is 2. The summed E-state index contributed by atoms with van der Waals surface area (Å²) in [5.74, 6) is -0.619. The minimum absolute atomic E-state index is 0.273. The first kappa shape index (κ1) is 16.9. The Balaban J connectivity index is 4.09. The quantitative estimate of drug-likeness (QED) is 0.393. The van der Waals surface area contributed by atoms with E-state index in [2.05, 4.69) is 10.6 Å². The van der Waals surface area contributed by atoms with Gasteiger partial charge in [0.25, 0.3) is 0 Å². The van der Waals surface area contributed by atoms with E-state index in [1.165, 1.54) is 7.11 Å². The van der Waals surface area contributed by atoms with Crippen LogP contribution in [0.3, 0.4) is 0 Å². The highest BCUT2D eigenvalue weighted by molar-refractivity contribution is 5.80. The van der Waals surface area contributed by atoms with Gasteiger partial charge in [0.2, 0.25) is 5.91 Å². The number of primary amides is 1. The van der Waals surface area contributed by atoms with Crippen molar-refractivity contribution in [3.8, 4) is 0 Å². The van der Waals surface area contributed by atoms with Crippen LogP contribution in [-0.4, -0.2) is 44.7 Å². The first-order valence-electron chi connectivity index (χ1n) is 6.15. The van der Waals surface area contributed by atoms with Crippen molar-refractivity contribution in [3.05, 3.63) is 0 Å². The van der Waals surface area contributed by atoms with Crippen molar-refractivity contribution in [3.63, 3.8) is 0 Å². The van der Waals surface area contributed by atoms with Crippen molar-refractivity contribution in [1.82, 2.24) is 10.6 Å². The zero-order valence-electron chi connectivity index (χ0n) is 11.7. The molecule has 6 nitrogen and oxygen atoms in total. The van der Waals surface area contributed by atoms with E-state index in [1.54, 1.807) is 14.1 Å². The fraction of sp³-hybridized carbons (Fsp3) is 0.833. The van der Waals surface area contributed by atoms with Gasteiger partial charge in [0.05, 0.1) is 13.2 Å². The molecular weight excluding hydrogens is 234 g/mol. The van der Waals surface area contributed by atoms with Gasteiger partial charge in [-0.1, -0.05) is 12.8 Å². The van der Waals surface area contributed by atoms with Crippen LogP contribution in [-0.2, 0) is 14.3 Å². The van der Waals surface area contributed by atoms with E-state index < -0.39 is 5.54 Å². The third-order valence-electron chi connectivity index (χ3n) is 3.30. The number of rotatable bonds is 9. The molecule has 0 fully saturated rings. The first-order valence-corrected chi connectivity index (χ1v) is 6.15. The fourth-order valence-electron chi connectivity index (χ4n) is 1.81. The Morgan fingerprint density at radius 3 is 2.33 bits per heavy atom. The first-order chi connectivity index (χ1) is 8.41. The molecule has 2 atom stereocenters. The second-order valence-electron chi connectivity index (χ2n) is 4.56. The predicted octanol–water partition coefficient (Wildman–Crippen LogP) is -0.229. The second-order valence-corrected chi connectivity index (χ2v) is 4.56. The highest BCUT2D eigenvalue weighted by Gasteiger charge is 2.31. The zero-order valence-corrected chi connectivity index (χ0v) is 11.7. The smallest absolute Gasteiger partial charge is 0.325 e. The zero-order chi connectivity index (χ0) is 14.2. The number of carbonyl (C=O) groups excluding carboxylic acids is 2.